The van der Waals surface area contributed by atoms with Crippen LogP contribution in [0.15, 0.2) is 29.2 Å². The zero-order valence-electron chi connectivity index (χ0n) is 11.3. The van der Waals surface area contributed by atoms with Gasteiger partial charge in [-0.15, -0.1) is 0 Å². The van der Waals surface area contributed by atoms with E-state index in [-0.39, 0.29) is 21.4 Å². The first kappa shape index (κ1) is 15.2. The lowest BCUT2D eigenvalue weighted by molar-refractivity contribution is 0.600. The third-order valence-corrected chi connectivity index (χ3v) is 4.27. The maximum atomic E-state index is 12.4. The van der Waals surface area contributed by atoms with Crippen LogP contribution in [0.5, 0.6) is 0 Å². The van der Waals surface area contributed by atoms with Gasteiger partial charge in [0.2, 0.25) is 5.95 Å². The molecule has 0 atom stereocenters. The number of aromatic nitrogens is 2. The molecule has 0 aliphatic rings. The fourth-order valence-electron chi connectivity index (χ4n) is 1.78. The molecule has 108 valence electrons. The van der Waals surface area contributed by atoms with Gasteiger partial charge in [0.05, 0.1) is 10.6 Å². The molecule has 0 amide bonds. The topological polar surface area (TPSA) is 95.7 Å². The van der Waals surface area contributed by atoms with E-state index in [0.29, 0.717) is 11.4 Å². The third kappa shape index (κ3) is 3.29. The number of aryl methyl sites for hydroxylation is 2. The molecule has 0 spiro atoms. The Labute approximate surface area is 127 Å². The van der Waals surface area contributed by atoms with Gasteiger partial charge in [-0.1, -0.05) is 17.7 Å². The van der Waals surface area contributed by atoms with Gasteiger partial charge in [0.1, 0.15) is 11.0 Å². The smallest absolute Gasteiger partial charge is 0.247 e. The van der Waals surface area contributed by atoms with Crippen molar-refractivity contribution in [3.63, 3.8) is 0 Å². The minimum Gasteiger partial charge on any atom is -0.247 e. The molecule has 1 N–H and O–H groups in total. The van der Waals surface area contributed by atoms with Gasteiger partial charge in [0, 0.05) is 11.4 Å². The van der Waals surface area contributed by atoms with Crippen LogP contribution in [0, 0.1) is 25.2 Å². The van der Waals surface area contributed by atoms with Crippen LogP contribution in [-0.2, 0) is 10.0 Å². The normalized spacial score (nSPS) is 11.0. The summed E-state index contributed by atoms with van der Waals surface area (Å²) in [6, 6.07) is 7.72. The average Bonchev–Trinajstić information content (AvgIpc) is 2.36. The van der Waals surface area contributed by atoms with Crippen molar-refractivity contribution in [1.29, 1.82) is 5.26 Å². The van der Waals surface area contributed by atoms with E-state index in [4.69, 9.17) is 16.9 Å². The summed E-state index contributed by atoms with van der Waals surface area (Å²) in [5, 5.41) is 9.13. The number of sulfonamides is 1. The van der Waals surface area contributed by atoms with Gasteiger partial charge in [-0.2, -0.15) is 5.26 Å². The Bertz CT molecular complexity index is 823. The van der Waals surface area contributed by atoms with Crippen LogP contribution in [0.2, 0.25) is 5.02 Å². The molecule has 0 radical (unpaired) electrons. The molecule has 1 aromatic carbocycles. The van der Waals surface area contributed by atoms with Crippen molar-refractivity contribution in [2.45, 2.75) is 18.7 Å². The predicted octanol–water partition coefficient (Wildman–Crippen LogP) is 2.42. The Kier molecular flexibility index (Phi) is 4.11. The lowest BCUT2D eigenvalue weighted by Gasteiger charge is -2.09. The van der Waals surface area contributed by atoms with Crippen LogP contribution in [0.25, 0.3) is 0 Å². The number of benzene rings is 1. The third-order valence-electron chi connectivity index (χ3n) is 2.58. The molecule has 0 aliphatic carbocycles. The first-order chi connectivity index (χ1) is 9.83. The van der Waals surface area contributed by atoms with E-state index >= 15 is 0 Å². The molecule has 0 saturated heterocycles. The Balaban J connectivity index is 2.49. The van der Waals surface area contributed by atoms with Crippen molar-refractivity contribution in [2.75, 3.05) is 4.72 Å². The van der Waals surface area contributed by atoms with Gasteiger partial charge in [-0.25, -0.2) is 23.1 Å². The monoisotopic (exact) mass is 322 g/mol. The molecule has 2 rings (SSSR count). The SMILES string of the molecule is Cc1cc(C)nc(NS(=O)(=O)c2cccc(Cl)c2C#N)n1. The number of halogens is 1. The van der Waals surface area contributed by atoms with Crippen molar-refractivity contribution in [1.82, 2.24) is 9.97 Å². The summed E-state index contributed by atoms with van der Waals surface area (Å²) >= 11 is 5.84. The van der Waals surface area contributed by atoms with Crippen molar-refractivity contribution in [3.05, 3.63) is 46.2 Å². The second-order valence-corrected chi connectivity index (χ2v) is 6.36. The summed E-state index contributed by atoms with van der Waals surface area (Å²) in [6.07, 6.45) is 0. The molecule has 21 heavy (non-hydrogen) atoms. The van der Waals surface area contributed by atoms with Gasteiger partial charge < -0.3 is 0 Å². The van der Waals surface area contributed by atoms with E-state index in [0.717, 1.165) is 0 Å². The average molecular weight is 323 g/mol. The number of nitrogens with one attached hydrogen (secondary N) is 1. The van der Waals surface area contributed by atoms with Gasteiger partial charge >= 0.3 is 0 Å². The second kappa shape index (κ2) is 5.68. The largest absolute Gasteiger partial charge is 0.265 e. The Morgan fingerprint density at radius 3 is 2.43 bits per heavy atom. The quantitative estimate of drug-likeness (QED) is 0.936. The molecule has 0 fully saturated rings. The maximum Gasteiger partial charge on any atom is 0.265 e. The lowest BCUT2D eigenvalue weighted by Crippen LogP contribution is -2.17. The summed E-state index contributed by atoms with van der Waals surface area (Å²) in [6.45, 7) is 3.46. The molecular weight excluding hydrogens is 312 g/mol. The summed E-state index contributed by atoms with van der Waals surface area (Å²) in [7, 11) is -3.99. The highest BCUT2D eigenvalue weighted by atomic mass is 35.5. The van der Waals surface area contributed by atoms with Gasteiger partial charge in [-0.05, 0) is 32.0 Å². The molecule has 2 aromatic rings. The van der Waals surface area contributed by atoms with E-state index < -0.39 is 10.0 Å². The number of hydrogen-bond donors (Lipinski definition) is 1. The van der Waals surface area contributed by atoms with Crippen LogP contribution in [0.3, 0.4) is 0 Å². The molecule has 0 saturated carbocycles. The first-order valence-corrected chi connectivity index (χ1v) is 7.73. The molecule has 1 aromatic heterocycles. The lowest BCUT2D eigenvalue weighted by atomic mass is 10.2. The zero-order chi connectivity index (χ0) is 15.6. The first-order valence-electron chi connectivity index (χ1n) is 5.87. The number of rotatable bonds is 3. The van der Waals surface area contributed by atoms with Crippen LogP contribution in [0.4, 0.5) is 5.95 Å². The van der Waals surface area contributed by atoms with Gasteiger partial charge in [0.25, 0.3) is 10.0 Å². The molecule has 8 heteroatoms. The van der Waals surface area contributed by atoms with Crippen molar-refractivity contribution >= 4 is 27.6 Å². The number of anilines is 1. The summed E-state index contributed by atoms with van der Waals surface area (Å²) in [5.41, 5.74) is 1.15. The predicted molar refractivity (Wildman–Crippen MR) is 78.5 cm³/mol. The summed E-state index contributed by atoms with van der Waals surface area (Å²) in [4.78, 5) is 7.80. The fraction of sp³-hybridized carbons (Fsp3) is 0.154. The van der Waals surface area contributed by atoms with Crippen molar-refractivity contribution in [2.24, 2.45) is 0 Å². The van der Waals surface area contributed by atoms with E-state index in [2.05, 4.69) is 14.7 Å². The van der Waals surface area contributed by atoms with Crippen molar-refractivity contribution in [3.8, 4) is 6.07 Å². The van der Waals surface area contributed by atoms with Crippen LogP contribution in [-0.4, -0.2) is 18.4 Å². The van der Waals surface area contributed by atoms with Crippen molar-refractivity contribution < 1.29 is 8.42 Å². The maximum absolute atomic E-state index is 12.4. The highest BCUT2D eigenvalue weighted by Gasteiger charge is 2.21. The Morgan fingerprint density at radius 2 is 1.86 bits per heavy atom. The Hall–Kier alpha value is -2.17. The standard InChI is InChI=1S/C13H11ClN4O2S/c1-8-6-9(2)17-13(16-8)18-21(19,20)12-5-3-4-11(14)10(12)7-15/h3-6H,1-2H3,(H,16,17,18). The highest BCUT2D eigenvalue weighted by molar-refractivity contribution is 7.92. The van der Waals surface area contributed by atoms with E-state index in [9.17, 15) is 8.42 Å². The van der Waals surface area contributed by atoms with E-state index in [1.54, 1.807) is 26.0 Å². The minimum atomic E-state index is -3.99. The van der Waals surface area contributed by atoms with Crippen LogP contribution in [0.1, 0.15) is 17.0 Å². The Morgan fingerprint density at radius 1 is 1.24 bits per heavy atom. The number of hydrogen-bond acceptors (Lipinski definition) is 5. The molecule has 1 heterocycles. The second-order valence-electron chi connectivity index (χ2n) is 4.30. The molecular formula is C13H11ClN4O2S. The molecule has 0 aliphatic heterocycles. The number of nitrogens with zero attached hydrogens (tertiary/aromatic N) is 3. The zero-order valence-corrected chi connectivity index (χ0v) is 12.8. The van der Waals surface area contributed by atoms with Crippen LogP contribution >= 0.6 is 11.6 Å². The number of nitriles is 1. The summed E-state index contributed by atoms with van der Waals surface area (Å²) < 4.78 is 27.0. The summed E-state index contributed by atoms with van der Waals surface area (Å²) in [5.74, 6) is -0.0450. The van der Waals surface area contributed by atoms with E-state index in [1.807, 2.05) is 0 Å². The fourth-order valence-corrected chi connectivity index (χ4v) is 3.18. The van der Waals surface area contributed by atoms with Crippen LogP contribution < -0.4 is 4.72 Å². The van der Waals surface area contributed by atoms with E-state index in [1.165, 1.54) is 18.2 Å². The molecule has 6 nitrogen and oxygen atoms in total. The highest BCUT2D eigenvalue weighted by Crippen LogP contribution is 2.24. The molecule has 0 bridgehead atoms. The minimum absolute atomic E-state index is 0.0450. The van der Waals surface area contributed by atoms with Gasteiger partial charge in [-0.3, -0.25) is 0 Å². The molecule has 0 unspecified atom stereocenters. The van der Waals surface area contributed by atoms with Gasteiger partial charge in [0.15, 0.2) is 0 Å².